The highest BCUT2D eigenvalue weighted by atomic mass is 35.5. The van der Waals surface area contributed by atoms with Crippen LogP contribution >= 0.6 is 11.6 Å². The molecule has 136 valence electrons. The molecule has 2 fully saturated rings. The first-order valence-electron chi connectivity index (χ1n) is 9.02. The summed E-state index contributed by atoms with van der Waals surface area (Å²) < 4.78 is 5.33. The fourth-order valence-electron chi connectivity index (χ4n) is 3.42. The smallest absolute Gasteiger partial charge is 0.225 e. The molecule has 0 spiro atoms. The van der Waals surface area contributed by atoms with E-state index in [0.717, 1.165) is 24.8 Å². The van der Waals surface area contributed by atoms with Crippen LogP contribution in [0.15, 0.2) is 24.3 Å². The molecule has 1 aromatic rings. The van der Waals surface area contributed by atoms with E-state index < -0.39 is 0 Å². The summed E-state index contributed by atoms with van der Waals surface area (Å²) >= 11 is 5.90. The van der Waals surface area contributed by atoms with Crippen LogP contribution in [0.25, 0.3) is 0 Å². The maximum Gasteiger partial charge on any atom is 0.225 e. The van der Waals surface area contributed by atoms with E-state index >= 15 is 0 Å². The zero-order valence-corrected chi connectivity index (χ0v) is 15.1. The number of rotatable bonds is 5. The predicted molar refractivity (Wildman–Crippen MR) is 96.4 cm³/mol. The van der Waals surface area contributed by atoms with Gasteiger partial charge in [0.25, 0.3) is 0 Å². The van der Waals surface area contributed by atoms with Gasteiger partial charge in [-0.2, -0.15) is 0 Å². The monoisotopic (exact) mass is 364 g/mol. The van der Waals surface area contributed by atoms with Gasteiger partial charge in [-0.15, -0.1) is 0 Å². The Morgan fingerprint density at radius 1 is 1.20 bits per heavy atom. The maximum atomic E-state index is 12.5. The molecule has 1 aromatic carbocycles. The van der Waals surface area contributed by atoms with Crippen LogP contribution in [0.5, 0.6) is 0 Å². The van der Waals surface area contributed by atoms with Crippen LogP contribution in [-0.4, -0.2) is 49.1 Å². The van der Waals surface area contributed by atoms with Gasteiger partial charge in [0, 0.05) is 43.8 Å². The average molecular weight is 365 g/mol. The lowest BCUT2D eigenvalue weighted by Gasteiger charge is -2.33. The van der Waals surface area contributed by atoms with Gasteiger partial charge in [0.2, 0.25) is 11.8 Å². The molecule has 2 aliphatic rings. The number of nitrogens with zero attached hydrogens (tertiary/aromatic N) is 1. The number of piperidine rings is 1. The Labute approximate surface area is 153 Å². The number of benzene rings is 1. The van der Waals surface area contributed by atoms with Gasteiger partial charge in [-0.1, -0.05) is 23.7 Å². The van der Waals surface area contributed by atoms with Gasteiger partial charge in [0.15, 0.2) is 0 Å². The van der Waals surface area contributed by atoms with Gasteiger partial charge in [0.1, 0.15) is 0 Å². The van der Waals surface area contributed by atoms with Crippen molar-refractivity contribution in [1.29, 1.82) is 0 Å². The summed E-state index contributed by atoms with van der Waals surface area (Å²) in [5.74, 6) is 0.116. The minimum atomic E-state index is -0.106. The highest BCUT2D eigenvalue weighted by molar-refractivity contribution is 6.30. The first kappa shape index (κ1) is 18.2. The number of amides is 2. The van der Waals surface area contributed by atoms with E-state index in [0.29, 0.717) is 44.2 Å². The van der Waals surface area contributed by atoms with Crippen molar-refractivity contribution in [2.75, 3.05) is 26.3 Å². The Bertz CT molecular complexity index is 599. The van der Waals surface area contributed by atoms with Gasteiger partial charge < -0.3 is 15.0 Å². The zero-order valence-electron chi connectivity index (χ0n) is 14.4. The molecule has 1 N–H and O–H groups in total. The number of ether oxygens (including phenoxy) is 1. The second kappa shape index (κ2) is 8.68. The van der Waals surface area contributed by atoms with Crippen LogP contribution in [0, 0.1) is 5.92 Å². The van der Waals surface area contributed by atoms with Gasteiger partial charge in [0.05, 0.1) is 5.92 Å². The number of carbonyl (C=O) groups excluding carboxylic acids is 2. The van der Waals surface area contributed by atoms with Crippen molar-refractivity contribution in [2.45, 2.75) is 38.1 Å². The molecule has 2 saturated heterocycles. The molecule has 6 heteroatoms. The van der Waals surface area contributed by atoms with E-state index in [1.54, 1.807) is 0 Å². The summed E-state index contributed by atoms with van der Waals surface area (Å²) in [5, 5.41) is 3.84. The molecule has 0 radical (unpaired) electrons. The fraction of sp³-hybridized carbons (Fsp3) is 0.579. The first-order chi connectivity index (χ1) is 12.1. The van der Waals surface area contributed by atoms with Crippen molar-refractivity contribution in [3.05, 3.63) is 34.9 Å². The van der Waals surface area contributed by atoms with E-state index in [1.807, 2.05) is 29.2 Å². The topological polar surface area (TPSA) is 58.6 Å². The SMILES string of the molecule is O=C(NC1CCOCC1)[C@H]1CCC(=O)N(CCc2ccc(Cl)cc2)C1. The van der Waals surface area contributed by atoms with Crippen LogP contribution in [0.2, 0.25) is 5.02 Å². The van der Waals surface area contributed by atoms with Gasteiger partial charge in [-0.05, 0) is 43.4 Å². The minimum absolute atomic E-state index is 0.0795. The van der Waals surface area contributed by atoms with E-state index in [9.17, 15) is 9.59 Å². The van der Waals surface area contributed by atoms with Gasteiger partial charge in [-0.25, -0.2) is 0 Å². The number of likely N-dealkylation sites (tertiary alicyclic amines) is 1. The normalized spacial score (nSPS) is 22.0. The summed E-state index contributed by atoms with van der Waals surface area (Å²) in [5.41, 5.74) is 1.14. The Balaban J connectivity index is 1.50. The molecule has 3 rings (SSSR count). The third-order valence-corrected chi connectivity index (χ3v) is 5.27. The van der Waals surface area contributed by atoms with Crippen LogP contribution in [-0.2, 0) is 20.7 Å². The van der Waals surface area contributed by atoms with Crippen LogP contribution in [0.3, 0.4) is 0 Å². The predicted octanol–water partition coefficient (Wildman–Crippen LogP) is 2.42. The van der Waals surface area contributed by atoms with Crippen molar-refractivity contribution in [3.63, 3.8) is 0 Å². The average Bonchev–Trinajstić information content (AvgIpc) is 2.63. The van der Waals surface area contributed by atoms with Crippen molar-refractivity contribution in [1.82, 2.24) is 10.2 Å². The van der Waals surface area contributed by atoms with E-state index in [1.165, 1.54) is 0 Å². The Kier molecular flexibility index (Phi) is 6.32. The largest absolute Gasteiger partial charge is 0.381 e. The first-order valence-corrected chi connectivity index (χ1v) is 9.40. The molecular formula is C19H25ClN2O3. The maximum absolute atomic E-state index is 12.5. The molecule has 0 bridgehead atoms. The summed E-state index contributed by atoms with van der Waals surface area (Å²) in [6.45, 7) is 2.58. The standard InChI is InChI=1S/C19H25ClN2O3/c20-16-4-1-14(2-5-16)7-10-22-13-15(3-6-18(22)23)19(24)21-17-8-11-25-12-9-17/h1-2,4-5,15,17H,3,6-13H2,(H,21,24)/t15-/m0/s1. The lowest BCUT2D eigenvalue weighted by molar-refractivity contribution is -0.138. The molecule has 0 aromatic heterocycles. The van der Waals surface area contributed by atoms with E-state index in [4.69, 9.17) is 16.3 Å². The number of halogens is 1. The van der Waals surface area contributed by atoms with Crippen molar-refractivity contribution in [2.24, 2.45) is 5.92 Å². The molecule has 2 heterocycles. The fourth-order valence-corrected chi connectivity index (χ4v) is 3.55. The molecule has 1 atom stereocenters. The highest BCUT2D eigenvalue weighted by Crippen LogP contribution is 2.20. The number of carbonyl (C=O) groups is 2. The molecule has 5 nitrogen and oxygen atoms in total. The second-order valence-corrected chi connectivity index (χ2v) is 7.28. The van der Waals surface area contributed by atoms with Crippen LogP contribution < -0.4 is 5.32 Å². The van der Waals surface area contributed by atoms with Crippen LogP contribution in [0.4, 0.5) is 0 Å². The van der Waals surface area contributed by atoms with Crippen molar-refractivity contribution < 1.29 is 14.3 Å². The lowest BCUT2D eigenvalue weighted by atomic mass is 9.95. The Morgan fingerprint density at radius 3 is 2.64 bits per heavy atom. The van der Waals surface area contributed by atoms with Crippen LogP contribution in [0.1, 0.15) is 31.2 Å². The van der Waals surface area contributed by atoms with Gasteiger partial charge in [-0.3, -0.25) is 9.59 Å². The van der Waals surface area contributed by atoms with Crippen molar-refractivity contribution in [3.8, 4) is 0 Å². The summed E-state index contributed by atoms with van der Waals surface area (Å²) in [4.78, 5) is 26.5. The van der Waals surface area contributed by atoms with E-state index in [-0.39, 0.29) is 23.8 Å². The third-order valence-electron chi connectivity index (χ3n) is 5.02. The Morgan fingerprint density at radius 2 is 1.92 bits per heavy atom. The molecule has 0 aliphatic carbocycles. The molecular weight excluding hydrogens is 340 g/mol. The minimum Gasteiger partial charge on any atom is -0.381 e. The van der Waals surface area contributed by atoms with Gasteiger partial charge >= 0.3 is 0 Å². The zero-order chi connectivity index (χ0) is 17.6. The number of hydrogen-bond acceptors (Lipinski definition) is 3. The lowest BCUT2D eigenvalue weighted by Crippen LogP contribution is -2.49. The molecule has 2 amide bonds. The molecule has 2 aliphatic heterocycles. The van der Waals surface area contributed by atoms with E-state index in [2.05, 4.69) is 5.32 Å². The summed E-state index contributed by atoms with van der Waals surface area (Å²) in [6.07, 6.45) is 3.62. The molecule has 25 heavy (non-hydrogen) atoms. The van der Waals surface area contributed by atoms with Crippen molar-refractivity contribution >= 4 is 23.4 Å². The highest BCUT2D eigenvalue weighted by Gasteiger charge is 2.31. The summed E-state index contributed by atoms with van der Waals surface area (Å²) in [6, 6.07) is 7.89. The third kappa shape index (κ3) is 5.19. The Hall–Kier alpha value is -1.59. The number of nitrogens with one attached hydrogen (secondary N) is 1. The number of hydrogen-bond donors (Lipinski definition) is 1. The summed E-state index contributed by atoms with van der Waals surface area (Å²) in [7, 11) is 0. The molecule has 0 saturated carbocycles. The second-order valence-electron chi connectivity index (χ2n) is 6.85. The quantitative estimate of drug-likeness (QED) is 0.872. The molecule has 0 unspecified atom stereocenters.